The molecule has 1 N–H and O–H groups in total. The maximum atomic E-state index is 12.5. The number of hydrogen-bond donors (Lipinski definition) is 1. The van der Waals surface area contributed by atoms with Crippen molar-refractivity contribution in [3.05, 3.63) is 29.3 Å². The summed E-state index contributed by atoms with van der Waals surface area (Å²) in [5, 5.41) is 11.7. The molecule has 2 heterocycles. The number of hydrogen-bond acceptors (Lipinski definition) is 6. The van der Waals surface area contributed by atoms with Crippen LogP contribution in [0.5, 0.6) is 11.5 Å². The Kier molecular flexibility index (Phi) is 5.95. The Balaban J connectivity index is 1.64. The van der Waals surface area contributed by atoms with Crippen molar-refractivity contribution in [1.82, 2.24) is 9.88 Å². The molecule has 1 fully saturated rings. The number of aliphatic carboxylic acids is 1. The molecule has 1 aromatic carbocycles. The number of thiazole rings is 1. The lowest BCUT2D eigenvalue weighted by atomic mass is 9.97. The molecule has 0 radical (unpaired) electrons. The van der Waals surface area contributed by atoms with Crippen LogP contribution in [-0.2, 0) is 16.0 Å². The second-order valence-corrected chi connectivity index (χ2v) is 7.24. The molecule has 0 spiro atoms. The SMILES string of the molecule is COc1ccc(-c2nc(CC(=O)N3CCC(C(=O)O)CC3)cs2)cc1OC. The molecule has 2 aromatic rings. The third kappa shape index (κ3) is 4.39. The van der Waals surface area contributed by atoms with Gasteiger partial charge in [-0.25, -0.2) is 4.98 Å². The van der Waals surface area contributed by atoms with E-state index in [-0.39, 0.29) is 18.2 Å². The van der Waals surface area contributed by atoms with Crippen LogP contribution in [0.2, 0.25) is 0 Å². The highest BCUT2D eigenvalue weighted by Crippen LogP contribution is 2.33. The highest BCUT2D eigenvalue weighted by Gasteiger charge is 2.27. The number of rotatable bonds is 6. The van der Waals surface area contributed by atoms with Crippen molar-refractivity contribution >= 4 is 23.2 Å². The monoisotopic (exact) mass is 390 g/mol. The third-order valence-corrected chi connectivity index (χ3v) is 5.65. The zero-order valence-electron chi connectivity index (χ0n) is 15.3. The topological polar surface area (TPSA) is 89.0 Å². The van der Waals surface area contributed by atoms with Crippen molar-refractivity contribution in [3.63, 3.8) is 0 Å². The van der Waals surface area contributed by atoms with E-state index in [0.29, 0.717) is 37.4 Å². The minimum atomic E-state index is -0.777. The number of ether oxygens (including phenoxy) is 2. The number of carbonyl (C=O) groups is 2. The Hall–Kier alpha value is -2.61. The van der Waals surface area contributed by atoms with Gasteiger partial charge in [-0.05, 0) is 31.0 Å². The number of carboxylic acid groups (broad SMARTS) is 1. The average Bonchev–Trinajstić information content (AvgIpc) is 3.15. The van der Waals surface area contributed by atoms with Crippen LogP contribution >= 0.6 is 11.3 Å². The van der Waals surface area contributed by atoms with Crippen LogP contribution in [0.15, 0.2) is 23.6 Å². The van der Waals surface area contributed by atoms with E-state index in [1.165, 1.54) is 11.3 Å². The minimum Gasteiger partial charge on any atom is -0.493 e. The fourth-order valence-electron chi connectivity index (χ4n) is 3.13. The smallest absolute Gasteiger partial charge is 0.306 e. The quantitative estimate of drug-likeness (QED) is 0.816. The molecule has 1 amide bonds. The second kappa shape index (κ2) is 8.39. The third-order valence-electron chi connectivity index (χ3n) is 4.71. The van der Waals surface area contributed by atoms with E-state index in [9.17, 15) is 9.59 Å². The molecule has 0 aliphatic carbocycles. The number of nitrogens with zero attached hydrogens (tertiary/aromatic N) is 2. The van der Waals surface area contributed by atoms with Crippen molar-refractivity contribution < 1.29 is 24.2 Å². The fourth-order valence-corrected chi connectivity index (χ4v) is 3.95. The van der Waals surface area contributed by atoms with Gasteiger partial charge in [0, 0.05) is 24.0 Å². The number of amides is 1. The first-order valence-corrected chi connectivity index (χ1v) is 9.57. The van der Waals surface area contributed by atoms with Crippen LogP contribution in [0.25, 0.3) is 10.6 Å². The summed E-state index contributed by atoms with van der Waals surface area (Å²) in [6.45, 7) is 0.977. The lowest BCUT2D eigenvalue weighted by Crippen LogP contribution is -2.41. The summed E-state index contributed by atoms with van der Waals surface area (Å²) in [5.74, 6) is 0.149. The van der Waals surface area contributed by atoms with Crippen LogP contribution in [0, 0.1) is 5.92 Å². The lowest BCUT2D eigenvalue weighted by Gasteiger charge is -2.30. The van der Waals surface area contributed by atoms with Gasteiger partial charge in [0.25, 0.3) is 0 Å². The Morgan fingerprint density at radius 2 is 1.93 bits per heavy atom. The van der Waals surface area contributed by atoms with Crippen LogP contribution in [0.4, 0.5) is 0 Å². The largest absolute Gasteiger partial charge is 0.493 e. The molecule has 0 atom stereocenters. The number of aromatic nitrogens is 1. The van der Waals surface area contributed by atoms with E-state index in [1.807, 2.05) is 23.6 Å². The van der Waals surface area contributed by atoms with E-state index >= 15 is 0 Å². The van der Waals surface area contributed by atoms with Gasteiger partial charge in [0.05, 0.1) is 32.3 Å². The normalized spacial score (nSPS) is 14.8. The fraction of sp³-hybridized carbons (Fsp3) is 0.421. The molecule has 1 aromatic heterocycles. The minimum absolute atomic E-state index is 0.0111. The molecule has 8 heteroatoms. The molecule has 144 valence electrons. The molecular formula is C19H22N2O5S. The van der Waals surface area contributed by atoms with Crippen molar-refractivity contribution in [1.29, 1.82) is 0 Å². The van der Waals surface area contributed by atoms with Gasteiger partial charge in [0.1, 0.15) is 5.01 Å². The lowest BCUT2D eigenvalue weighted by molar-refractivity contribution is -0.145. The van der Waals surface area contributed by atoms with Gasteiger partial charge >= 0.3 is 5.97 Å². The molecule has 0 saturated carbocycles. The molecule has 1 saturated heterocycles. The summed E-state index contributed by atoms with van der Waals surface area (Å²) in [5.41, 5.74) is 1.62. The van der Waals surface area contributed by atoms with Gasteiger partial charge in [-0.15, -0.1) is 11.3 Å². The summed E-state index contributed by atoms with van der Waals surface area (Å²) in [4.78, 5) is 29.8. The molecule has 0 unspecified atom stereocenters. The van der Waals surface area contributed by atoms with Gasteiger partial charge < -0.3 is 19.5 Å². The number of piperidine rings is 1. The Bertz CT molecular complexity index is 827. The standard InChI is InChI=1S/C19H22N2O5S/c1-25-15-4-3-13(9-16(15)26-2)18-20-14(11-27-18)10-17(22)21-7-5-12(6-8-21)19(23)24/h3-4,9,11-12H,5-8,10H2,1-2H3,(H,23,24). The predicted molar refractivity (Wildman–Crippen MR) is 101 cm³/mol. The molecule has 1 aliphatic heterocycles. The summed E-state index contributed by atoms with van der Waals surface area (Å²) >= 11 is 1.47. The highest BCUT2D eigenvalue weighted by molar-refractivity contribution is 7.13. The molecule has 1 aliphatic rings. The predicted octanol–water partition coefficient (Wildman–Crippen LogP) is 2.69. The van der Waals surface area contributed by atoms with Gasteiger partial charge in [0.2, 0.25) is 5.91 Å². The maximum Gasteiger partial charge on any atom is 0.306 e. The molecule has 7 nitrogen and oxygen atoms in total. The highest BCUT2D eigenvalue weighted by atomic mass is 32.1. The zero-order chi connectivity index (χ0) is 19.4. The van der Waals surface area contributed by atoms with E-state index < -0.39 is 5.97 Å². The Labute approximate surface area is 161 Å². The second-order valence-electron chi connectivity index (χ2n) is 6.38. The number of carbonyl (C=O) groups excluding carboxylic acids is 1. The average molecular weight is 390 g/mol. The van der Waals surface area contributed by atoms with E-state index in [0.717, 1.165) is 16.3 Å². The van der Waals surface area contributed by atoms with Crippen molar-refractivity contribution in [2.75, 3.05) is 27.3 Å². The summed E-state index contributed by atoms with van der Waals surface area (Å²) in [7, 11) is 3.17. The van der Waals surface area contributed by atoms with Crippen LogP contribution in [0.3, 0.4) is 0 Å². The summed E-state index contributed by atoms with van der Waals surface area (Å²) in [6.07, 6.45) is 1.24. The van der Waals surface area contributed by atoms with Crippen molar-refractivity contribution in [2.24, 2.45) is 5.92 Å². The number of methoxy groups -OCH3 is 2. The molecule has 27 heavy (non-hydrogen) atoms. The maximum absolute atomic E-state index is 12.5. The van der Waals surface area contributed by atoms with Crippen LogP contribution in [-0.4, -0.2) is 54.2 Å². The first-order chi connectivity index (χ1) is 13.0. The number of carboxylic acids is 1. The summed E-state index contributed by atoms with van der Waals surface area (Å²) < 4.78 is 10.6. The van der Waals surface area contributed by atoms with E-state index in [4.69, 9.17) is 14.6 Å². The van der Waals surface area contributed by atoms with Gasteiger partial charge in [-0.2, -0.15) is 0 Å². The Morgan fingerprint density at radius 1 is 1.22 bits per heavy atom. The molecule has 0 bridgehead atoms. The van der Waals surface area contributed by atoms with Gasteiger partial charge in [-0.3, -0.25) is 9.59 Å². The van der Waals surface area contributed by atoms with E-state index in [1.54, 1.807) is 19.1 Å². The first-order valence-electron chi connectivity index (χ1n) is 8.69. The van der Waals surface area contributed by atoms with Crippen LogP contribution in [0.1, 0.15) is 18.5 Å². The summed E-state index contributed by atoms with van der Waals surface area (Å²) in [6, 6.07) is 5.59. The molecule has 3 rings (SSSR count). The number of likely N-dealkylation sites (tertiary alicyclic amines) is 1. The molecular weight excluding hydrogens is 368 g/mol. The van der Waals surface area contributed by atoms with Gasteiger partial charge in [0.15, 0.2) is 11.5 Å². The Morgan fingerprint density at radius 3 is 2.56 bits per heavy atom. The van der Waals surface area contributed by atoms with Crippen LogP contribution < -0.4 is 9.47 Å². The van der Waals surface area contributed by atoms with Gasteiger partial charge in [-0.1, -0.05) is 0 Å². The first kappa shape index (κ1) is 19.2. The van der Waals surface area contributed by atoms with Crippen molar-refractivity contribution in [2.45, 2.75) is 19.3 Å². The van der Waals surface area contributed by atoms with Crippen molar-refractivity contribution in [3.8, 4) is 22.1 Å². The number of benzene rings is 1. The van der Waals surface area contributed by atoms with E-state index in [2.05, 4.69) is 4.98 Å². The zero-order valence-corrected chi connectivity index (χ0v) is 16.1.